The number of ether oxygens (including phenoxy) is 1. The molecule has 1 aromatic rings. The molecule has 4 heteroatoms. The molecule has 0 aliphatic carbocycles. The highest BCUT2D eigenvalue weighted by molar-refractivity contribution is 5.99. The molecule has 3 N–H and O–H groups in total. The van der Waals surface area contributed by atoms with Crippen molar-refractivity contribution in [3.63, 3.8) is 0 Å². The fourth-order valence-electron chi connectivity index (χ4n) is 3.23. The van der Waals surface area contributed by atoms with Crippen LogP contribution in [0, 0.1) is 12.3 Å². The molecular formula is C16H22N2O2. The summed E-state index contributed by atoms with van der Waals surface area (Å²) in [6.45, 7) is 8.65. The number of nitrogens with one attached hydrogen (secondary N) is 1. The Morgan fingerprint density at radius 3 is 2.85 bits per heavy atom. The zero-order chi connectivity index (χ0) is 14.7. The van der Waals surface area contributed by atoms with E-state index in [2.05, 4.69) is 18.3 Å². The fraction of sp³-hybridized carbons (Fsp3) is 0.562. The Labute approximate surface area is 119 Å². The third kappa shape index (κ3) is 1.74. The lowest BCUT2D eigenvalue weighted by atomic mass is 9.79. The SMILES string of the molecule is Cc1cc2c(c3c1NC(=O)C(C)(C)C3)O[C@@H](CN)[C@@H]2C. The van der Waals surface area contributed by atoms with E-state index in [1.807, 2.05) is 20.8 Å². The van der Waals surface area contributed by atoms with Crippen LogP contribution in [0.15, 0.2) is 6.07 Å². The fourth-order valence-corrected chi connectivity index (χ4v) is 3.23. The Kier molecular flexibility index (Phi) is 2.83. The van der Waals surface area contributed by atoms with Crippen LogP contribution in [0.5, 0.6) is 5.75 Å². The topological polar surface area (TPSA) is 64.3 Å². The molecule has 3 rings (SSSR count). The van der Waals surface area contributed by atoms with Gasteiger partial charge < -0.3 is 15.8 Å². The average Bonchev–Trinajstić information content (AvgIpc) is 2.69. The van der Waals surface area contributed by atoms with Gasteiger partial charge in [0, 0.05) is 29.0 Å². The Bertz CT molecular complexity index is 593. The number of carbonyl (C=O) groups excluding carboxylic acids is 1. The van der Waals surface area contributed by atoms with Crippen molar-refractivity contribution in [2.24, 2.45) is 11.1 Å². The molecule has 2 atom stereocenters. The maximum absolute atomic E-state index is 12.1. The number of hydrogen-bond acceptors (Lipinski definition) is 3. The zero-order valence-corrected chi connectivity index (χ0v) is 12.5. The lowest BCUT2D eigenvalue weighted by molar-refractivity contribution is -0.124. The van der Waals surface area contributed by atoms with Crippen LogP contribution in [0.1, 0.15) is 43.4 Å². The minimum absolute atomic E-state index is 0.0386. The average molecular weight is 274 g/mol. The van der Waals surface area contributed by atoms with Crippen molar-refractivity contribution in [1.82, 2.24) is 0 Å². The molecule has 4 nitrogen and oxygen atoms in total. The first-order valence-corrected chi connectivity index (χ1v) is 7.19. The smallest absolute Gasteiger partial charge is 0.230 e. The lowest BCUT2D eigenvalue weighted by Crippen LogP contribution is -2.37. The first kappa shape index (κ1) is 13.4. The maximum atomic E-state index is 12.1. The number of carbonyl (C=O) groups is 1. The quantitative estimate of drug-likeness (QED) is 0.826. The van der Waals surface area contributed by atoms with Gasteiger partial charge in [0.25, 0.3) is 0 Å². The van der Waals surface area contributed by atoms with Crippen molar-refractivity contribution in [3.05, 3.63) is 22.8 Å². The Morgan fingerprint density at radius 2 is 2.20 bits per heavy atom. The predicted molar refractivity (Wildman–Crippen MR) is 79.2 cm³/mol. The van der Waals surface area contributed by atoms with Gasteiger partial charge in [-0.1, -0.05) is 20.8 Å². The number of nitrogens with two attached hydrogens (primary N) is 1. The summed E-state index contributed by atoms with van der Waals surface area (Å²) in [5, 5.41) is 3.05. The predicted octanol–water partition coefficient (Wildman–Crippen LogP) is 2.34. The first-order chi connectivity index (χ1) is 9.35. The molecule has 0 aromatic heterocycles. The standard InChI is InChI=1S/C16H22N2O2/c1-8-5-10-9(2)12(7-17)20-14(10)11-6-16(3,4)15(19)18-13(8)11/h5,9,12H,6-7,17H2,1-4H3,(H,18,19)/t9-,12+/m1/s1. The van der Waals surface area contributed by atoms with Crippen molar-refractivity contribution in [1.29, 1.82) is 0 Å². The van der Waals surface area contributed by atoms with E-state index < -0.39 is 5.41 Å². The minimum Gasteiger partial charge on any atom is -0.488 e. The van der Waals surface area contributed by atoms with Crippen LogP contribution < -0.4 is 15.8 Å². The molecule has 20 heavy (non-hydrogen) atoms. The van der Waals surface area contributed by atoms with E-state index in [0.29, 0.717) is 18.9 Å². The second kappa shape index (κ2) is 4.22. The number of benzene rings is 1. The van der Waals surface area contributed by atoms with Gasteiger partial charge in [0.05, 0.1) is 5.69 Å². The summed E-state index contributed by atoms with van der Waals surface area (Å²) in [6, 6.07) is 2.13. The summed E-state index contributed by atoms with van der Waals surface area (Å²) in [5.41, 5.74) is 9.79. The van der Waals surface area contributed by atoms with Gasteiger partial charge >= 0.3 is 0 Å². The second-order valence-electron chi connectivity index (χ2n) is 6.66. The molecule has 0 bridgehead atoms. The van der Waals surface area contributed by atoms with Gasteiger partial charge in [-0.05, 0) is 25.0 Å². The molecule has 0 unspecified atom stereocenters. The van der Waals surface area contributed by atoms with Crippen LogP contribution in [0.2, 0.25) is 0 Å². The number of fused-ring (bicyclic) bond motifs is 3. The van der Waals surface area contributed by atoms with Crippen LogP contribution in [-0.2, 0) is 11.2 Å². The normalized spacial score (nSPS) is 26.6. The van der Waals surface area contributed by atoms with E-state index in [-0.39, 0.29) is 12.0 Å². The van der Waals surface area contributed by atoms with E-state index in [4.69, 9.17) is 10.5 Å². The van der Waals surface area contributed by atoms with Gasteiger partial charge in [0.15, 0.2) is 0 Å². The lowest BCUT2D eigenvalue weighted by Gasteiger charge is -2.32. The molecule has 0 radical (unpaired) electrons. The first-order valence-electron chi connectivity index (χ1n) is 7.19. The van der Waals surface area contributed by atoms with Crippen molar-refractivity contribution < 1.29 is 9.53 Å². The van der Waals surface area contributed by atoms with Crippen molar-refractivity contribution in [2.45, 2.75) is 46.1 Å². The van der Waals surface area contributed by atoms with E-state index in [1.54, 1.807) is 0 Å². The molecule has 0 fully saturated rings. The zero-order valence-electron chi connectivity index (χ0n) is 12.5. The van der Waals surface area contributed by atoms with Gasteiger partial charge in [0.1, 0.15) is 11.9 Å². The van der Waals surface area contributed by atoms with E-state index in [1.165, 1.54) is 5.56 Å². The number of rotatable bonds is 1. The third-order valence-corrected chi connectivity index (χ3v) is 4.63. The summed E-state index contributed by atoms with van der Waals surface area (Å²) in [4.78, 5) is 12.1. The maximum Gasteiger partial charge on any atom is 0.230 e. The molecule has 2 heterocycles. The summed E-state index contributed by atoms with van der Waals surface area (Å²) in [6.07, 6.45) is 0.749. The largest absolute Gasteiger partial charge is 0.488 e. The Morgan fingerprint density at radius 1 is 1.50 bits per heavy atom. The van der Waals surface area contributed by atoms with Crippen LogP contribution in [0.3, 0.4) is 0 Å². The van der Waals surface area contributed by atoms with Gasteiger partial charge in [-0.15, -0.1) is 0 Å². The molecule has 0 saturated heterocycles. The summed E-state index contributed by atoms with van der Waals surface area (Å²) in [7, 11) is 0. The summed E-state index contributed by atoms with van der Waals surface area (Å²) < 4.78 is 6.07. The van der Waals surface area contributed by atoms with Crippen LogP contribution in [0.25, 0.3) is 0 Å². The van der Waals surface area contributed by atoms with Crippen LogP contribution >= 0.6 is 0 Å². The molecule has 1 amide bonds. The van der Waals surface area contributed by atoms with E-state index >= 15 is 0 Å². The molecule has 2 aliphatic rings. The van der Waals surface area contributed by atoms with Gasteiger partial charge in [-0.3, -0.25) is 4.79 Å². The number of aryl methyl sites for hydroxylation is 1. The van der Waals surface area contributed by atoms with Gasteiger partial charge in [-0.2, -0.15) is 0 Å². The van der Waals surface area contributed by atoms with Gasteiger partial charge in [-0.25, -0.2) is 0 Å². The highest BCUT2D eigenvalue weighted by Crippen LogP contribution is 2.48. The van der Waals surface area contributed by atoms with Crippen LogP contribution in [0.4, 0.5) is 5.69 Å². The summed E-state index contributed by atoms with van der Waals surface area (Å²) in [5.74, 6) is 1.33. The Balaban J connectivity index is 2.16. The molecule has 0 saturated carbocycles. The third-order valence-electron chi connectivity index (χ3n) is 4.63. The monoisotopic (exact) mass is 274 g/mol. The molecule has 0 spiro atoms. The van der Waals surface area contributed by atoms with E-state index in [9.17, 15) is 4.79 Å². The van der Waals surface area contributed by atoms with E-state index in [0.717, 1.165) is 22.6 Å². The van der Waals surface area contributed by atoms with Crippen LogP contribution in [-0.4, -0.2) is 18.6 Å². The van der Waals surface area contributed by atoms with Crippen molar-refractivity contribution in [2.75, 3.05) is 11.9 Å². The molecular weight excluding hydrogens is 252 g/mol. The number of amides is 1. The van der Waals surface area contributed by atoms with Crippen molar-refractivity contribution in [3.8, 4) is 5.75 Å². The minimum atomic E-state index is -0.401. The second-order valence-corrected chi connectivity index (χ2v) is 6.66. The highest BCUT2D eigenvalue weighted by Gasteiger charge is 2.40. The highest BCUT2D eigenvalue weighted by atomic mass is 16.5. The Hall–Kier alpha value is -1.55. The molecule has 108 valence electrons. The van der Waals surface area contributed by atoms with Crippen molar-refractivity contribution >= 4 is 11.6 Å². The van der Waals surface area contributed by atoms with Gasteiger partial charge in [0.2, 0.25) is 5.91 Å². The molecule has 2 aliphatic heterocycles. The molecule has 1 aromatic carbocycles. The number of hydrogen-bond donors (Lipinski definition) is 2. The summed E-state index contributed by atoms with van der Waals surface area (Å²) >= 11 is 0. The number of anilines is 1.